The molecule has 2 N–H and O–H groups in total. The molecule has 11 heteroatoms. The number of aromatic nitrogens is 2. The summed E-state index contributed by atoms with van der Waals surface area (Å²) in [6.45, 7) is 4.12. The van der Waals surface area contributed by atoms with Crippen LogP contribution in [0.3, 0.4) is 0 Å². The van der Waals surface area contributed by atoms with E-state index in [1.807, 2.05) is 7.05 Å². The zero-order valence-corrected chi connectivity index (χ0v) is 18.5. The van der Waals surface area contributed by atoms with Gasteiger partial charge >= 0.3 is 0 Å². The highest BCUT2D eigenvalue weighted by Gasteiger charge is 2.26. The predicted molar refractivity (Wildman–Crippen MR) is 117 cm³/mol. The fraction of sp³-hybridized carbons (Fsp3) is 0.333. The summed E-state index contributed by atoms with van der Waals surface area (Å²) in [5, 5.41) is 4.59. The highest BCUT2D eigenvalue weighted by molar-refractivity contribution is 7.92. The molecule has 4 rings (SSSR count). The average Bonchev–Trinajstić information content (AvgIpc) is 3.16. The minimum absolute atomic E-state index is 0.0534. The SMILES string of the molecule is CCCS(=O)(=O)Nc1ccc(F)c(C(=O)c2c[nH]c3ncc(CN4CCN4C)cc23)c1F. The second-order valence-electron chi connectivity index (χ2n) is 7.75. The molecule has 3 heterocycles. The van der Waals surface area contributed by atoms with Gasteiger partial charge in [0.05, 0.1) is 17.0 Å². The monoisotopic (exact) mass is 463 g/mol. The Bertz CT molecular complexity index is 1290. The van der Waals surface area contributed by atoms with Crippen molar-refractivity contribution in [1.29, 1.82) is 0 Å². The van der Waals surface area contributed by atoms with E-state index < -0.39 is 38.7 Å². The van der Waals surface area contributed by atoms with Crippen molar-refractivity contribution >= 4 is 32.5 Å². The first-order valence-electron chi connectivity index (χ1n) is 10.2. The van der Waals surface area contributed by atoms with Crippen LogP contribution in [0.15, 0.2) is 30.6 Å². The van der Waals surface area contributed by atoms with Crippen LogP contribution in [0.2, 0.25) is 0 Å². The molecule has 1 aliphatic rings. The fourth-order valence-electron chi connectivity index (χ4n) is 3.63. The summed E-state index contributed by atoms with van der Waals surface area (Å²) >= 11 is 0. The van der Waals surface area contributed by atoms with Crippen LogP contribution in [-0.2, 0) is 16.6 Å². The third-order valence-corrected chi connectivity index (χ3v) is 6.90. The number of sulfonamides is 1. The average molecular weight is 464 g/mol. The highest BCUT2D eigenvalue weighted by Crippen LogP contribution is 2.28. The summed E-state index contributed by atoms with van der Waals surface area (Å²) in [4.78, 5) is 20.3. The molecule has 1 fully saturated rings. The number of likely N-dealkylation sites (N-methyl/N-ethyl adjacent to an activating group) is 1. The Morgan fingerprint density at radius 2 is 2.06 bits per heavy atom. The van der Waals surface area contributed by atoms with Crippen LogP contribution in [0.4, 0.5) is 14.5 Å². The van der Waals surface area contributed by atoms with Gasteiger partial charge in [-0.1, -0.05) is 6.92 Å². The molecular formula is C21H23F2N5O3S. The summed E-state index contributed by atoms with van der Waals surface area (Å²) in [6.07, 6.45) is 3.36. The quantitative estimate of drug-likeness (QED) is 0.499. The smallest absolute Gasteiger partial charge is 0.232 e. The van der Waals surface area contributed by atoms with Crippen molar-refractivity contribution in [1.82, 2.24) is 20.0 Å². The van der Waals surface area contributed by atoms with Gasteiger partial charge in [-0.05, 0) is 30.2 Å². The molecule has 0 unspecified atom stereocenters. The zero-order valence-electron chi connectivity index (χ0n) is 17.7. The van der Waals surface area contributed by atoms with E-state index in [-0.39, 0.29) is 11.3 Å². The Balaban J connectivity index is 1.70. The molecule has 1 saturated heterocycles. The summed E-state index contributed by atoms with van der Waals surface area (Å²) in [6, 6.07) is 3.60. The topological polar surface area (TPSA) is 98.4 Å². The number of ketones is 1. The van der Waals surface area contributed by atoms with Gasteiger partial charge in [0.1, 0.15) is 11.5 Å². The van der Waals surface area contributed by atoms with Crippen molar-refractivity contribution in [3.63, 3.8) is 0 Å². The van der Waals surface area contributed by atoms with Crippen molar-refractivity contribution in [2.45, 2.75) is 19.9 Å². The van der Waals surface area contributed by atoms with E-state index in [0.29, 0.717) is 24.0 Å². The number of H-pyrrole nitrogens is 1. The molecule has 1 aliphatic heterocycles. The van der Waals surface area contributed by atoms with Gasteiger partial charge in [0.15, 0.2) is 5.82 Å². The van der Waals surface area contributed by atoms with Crippen LogP contribution in [0.1, 0.15) is 34.8 Å². The highest BCUT2D eigenvalue weighted by atomic mass is 32.2. The van der Waals surface area contributed by atoms with Crippen LogP contribution >= 0.6 is 0 Å². The second kappa shape index (κ2) is 8.57. The molecule has 0 bridgehead atoms. The van der Waals surface area contributed by atoms with Crippen molar-refractivity contribution in [3.8, 4) is 0 Å². The molecule has 1 aromatic carbocycles. The van der Waals surface area contributed by atoms with Crippen molar-refractivity contribution in [2.24, 2.45) is 0 Å². The molecule has 8 nitrogen and oxygen atoms in total. The first-order chi connectivity index (χ1) is 15.2. The molecule has 0 amide bonds. The number of pyridine rings is 1. The molecule has 170 valence electrons. The summed E-state index contributed by atoms with van der Waals surface area (Å²) in [5.74, 6) is -3.46. The number of halogens is 2. The van der Waals surface area contributed by atoms with Gasteiger partial charge in [-0.3, -0.25) is 9.52 Å². The third kappa shape index (κ3) is 4.23. The predicted octanol–water partition coefficient (Wildman–Crippen LogP) is 2.89. The fourth-order valence-corrected chi connectivity index (χ4v) is 4.77. The number of carbonyl (C=O) groups excluding carboxylic acids is 1. The normalized spacial score (nSPS) is 15.1. The number of rotatable bonds is 8. The number of hydrogen-bond acceptors (Lipinski definition) is 6. The zero-order chi connectivity index (χ0) is 23.0. The van der Waals surface area contributed by atoms with E-state index in [1.54, 1.807) is 19.2 Å². The van der Waals surface area contributed by atoms with E-state index in [4.69, 9.17) is 0 Å². The number of benzene rings is 1. The van der Waals surface area contributed by atoms with Crippen LogP contribution in [-0.4, -0.2) is 60.1 Å². The molecule has 2 aromatic heterocycles. The molecular weight excluding hydrogens is 440 g/mol. The Kier molecular flexibility index (Phi) is 5.97. The third-order valence-electron chi connectivity index (χ3n) is 5.42. The van der Waals surface area contributed by atoms with Gasteiger partial charge in [-0.25, -0.2) is 32.2 Å². The second-order valence-corrected chi connectivity index (χ2v) is 9.59. The van der Waals surface area contributed by atoms with Gasteiger partial charge in [-0.2, -0.15) is 0 Å². The van der Waals surface area contributed by atoms with Crippen LogP contribution in [0.5, 0.6) is 0 Å². The Morgan fingerprint density at radius 3 is 2.72 bits per heavy atom. The molecule has 0 radical (unpaired) electrons. The maximum Gasteiger partial charge on any atom is 0.232 e. The number of carbonyl (C=O) groups is 1. The lowest BCUT2D eigenvalue weighted by Crippen LogP contribution is -2.53. The molecule has 3 aromatic rings. The van der Waals surface area contributed by atoms with Crippen LogP contribution < -0.4 is 4.72 Å². The maximum atomic E-state index is 15.1. The molecule has 0 atom stereocenters. The summed E-state index contributed by atoms with van der Waals surface area (Å²) < 4.78 is 55.7. The molecule has 0 spiro atoms. The largest absolute Gasteiger partial charge is 0.345 e. The number of fused-ring (bicyclic) bond motifs is 1. The van der Waals surface area contributed by atoms with Crippen molar-refractivity contribution < 1.29 is 22.0 Å². The van der Waals surface area contributed by atoms with Gasteiger partial charge in [0.2, 0.25) is 15.8 Å². The maximum absolute atomic E-state index is 15.1. The lowest BCUT2D eigenvalue weighted by Gasteiger charge is -2.41. The van der Waals surface area contributed by atoms with E-state index in [1.165, 1.54) is 6.20 Å². The molecule has 32 heavy (non-hydrogen) atoms. The molecule has 0 saturated carbocycles. The van der Waals surface area contributed by atoms with E-state index in [9.17, 15) is 17.6 Å². The van der Waals surface area contributed by atoms with E-state index in [2.05, 4.69) is 24.7 Å². The van der Waals surface area contributed by atoms with Gasteiger partial charge in [0, 0.05) is 50.0 Å². The van der Waals surface area contributed by atoms with Crippen LogP contribution in [0, 0.1) is 11.6 Å². The number of hydrogen-bond donors (Lipinski definition) is 2. The van der Waals surface area contributed by atoms with Gasteiger partial charge < -0.3 is 4.98 Å². The minimum atomic E-state index is -3.82. The van der Waals surface area contributed by atoms with E-state index in [0.717, 1.165) is 30.8 Å². The number of nitrogens with zero attached hydrogens (tertiary/aromatic N) is 3. The Labute approximate surface area is 184 Å². The van der Waals surface area contributed by atoms with Crippen LogP contribution in [0.25, 0.3) is 11.0 Å². The lowest BCUT2D eigenvalue weighted by atomic mass is 10.0. The van der Waals surface area contributed by atoms with E-state index >= 15 is 4.39 Å². The minimum Gasteiger partial charge on any atom is -0.345 e. The standard InChI is InChI=1S/C21H23F2N5O3S/c1-3-8-32(30,31)26-17-5-4-16(22)18(19(17)23)20(29)15-11-25-21-14(15)9-13(10-24-21)12-28-7-6-27(28)2/h4-5,9-11,26H,3,6-8,12H2,1-2H3,(H,24,25). The number of aromatic amines is 1. The number of hydrazine groups is 1. The summed E-state index contributed by atoms with van der Waals surface area (Å²) in [7, 11) is -1.85. The summed E-state index contributed by atoms with van der Waals surface area (Å²) in [5.41, 5.74) is 0.0187. The number of nitrogens with one attached hydrogen (secondary N) is 2. The van der Waals surface area contributed by atoms with Gasteiger partial charge in [0.25, 0.3) is 0 Å². The number of anilines is 1. The molecule has 0 aliphatic carbocycles. The Hall–Kier alpha value is -2.89. The first-order valence-corrected chi connectivity index (χ1v) is 11.8. The lowest BCUT2D eigenvalue weighted by molar-refractivity contribution is -0.0965. The first kappa shape index (κ1) is 22.3. The van der Waals surface area contributed by atoms with Crippen molar-refractivity contribution in [2.75, 3.05) is 30.6 Å². The Morgan fingerprint density at radius 1 is 1.28 bits per heavy atom. The van der Waals surface area contributed by atoms with Gasteiger partial charge in [-0.15, -0.1) is 0 Å². The van der Waals surface area contributed by atoms with Crippen molar-refractivity contribution in [3.05, 3.63) is 58.9 Å².